The lowest BCUT2D eigenvalue weighted by molar-refractivity contribution is -0.0544. The molecule has 3 heterocycles. The quantitative estimate of drug-likeness (QED) is 0.525. The Bertz CT molecular complexity index is 1140. The lowest BCUT2D eigenvalue weighted by atomic mass is 10.0. The number of halogens is 2. The number of thioether (sulfide) groups is 1. The Balaban J connectivity index is 1.83. The van der Waals surface area contributed by atoms with Crippen molar-refractivity contribution in [2.24, 2.45) is 0 Å². The lowest BCUT2D eigenvalue weighted by Crippen LogP contribution is -2.09. The molecule has 1 aromatic carbocycles. The molecule has 1 amide bonds. The van der Waals surface area contributed by atoms with E-state index in [1.54, 1.807) is 35.2 Å². The van der Waals surface area contributed by atoms with Gasteiger partial charge >= 0.3 is 6.09 Å². The molecule has 2 N–H and O–H groups in total. The van der Waals surface area contributed by atoms with Crippen LogP contribution in [0.2, 0.25) is 0 Å². The number of H-pyrrole nitrogens is 1. The topological polar surface area (TPSA) is 84.3 Å². The van der Waals surface area contributed by atoms with E-state index in [1.807, 2.05) is 0 Å². The molecule has 4 aromatic rings. The summed E-state index contributed by atoms with van der Waals surface area (Å²) >= 11 is 1.30. The first-order valence-electron chi connectivity index (χ1n) is 7.39. The molecule has 0 saturated carbocycles. The van der Waals surface area contributed by atoms with E-state index in [4.69, 9.17) is 0 Å². The van der Waals surface area contributed by atoms with Gasteiger partial charge in [0.1, 0.15) is 11.5 Å². The molecule has 0 fully saturated rings. The van der Waals surface area contributed by atoms with Gasteiger partial charge in [0.15, 0.2) is 5.82 Å². The Labute approximate surface area is 149 Å². The zero-order valence-electron chi connectivity index (χ0n) is 13.3. The zero-order chi connectivity index (χ0) is 18.3. The Morgan fingerprint density at radius 1 is 1.38 bits per heavy atom. The normalized spacial score (nSPS) is 11.2. The van der Waals surface area contributed by atoms with Crippen LogP contribution in [0.1, 0.15) is 0 Å². The molecule has 0 aliphatic heterocycles. The van der Waals surface area contributed by atoms with Gasteiger partial charge in [-0.2, -0.15) is 5.10 Å². The standard InChI is InChI=1S/C16H11F2N5O2S/c1-26-15-11(17)4-9(10-5-19-22-14(10)15)8-2-3-13-20-12(7-23(13)6-8)21-16(24)25-18/h2-7H,1H3,(H,19,22)(H,21,24). The van der Waals surface area contributed by atoms with E-state index in [1.165, 1.54) is 24.0 Å². The maximum Gasteiger partial charge on any atom is 0.450 e. The van der Waals surface area contributed by atoms with Gasteiger partial charge in [0.25, 0.3) is 0 Å². The predicted molar refractivity (Wildman–Crippen MR) is 93.2 cm³/mol. The number of hydrogen-bond donors (Lipinski definition) is 2. The lowest BCUT2D eigenvalue weighted by Gasteiger charge is -2.08. The number of benzene rings is 1. The van der Waals surface area contributed by atoms with Gasteiger partial charge in [0.2, 0.25) is 0 Å². The molecule has 7 nitrogen and oxygen atoms in total. The summed E-state index contributed by atoms with van der Waals surface area (Å²) in [4.78, 5) is 18.6. The van der Waals surface area contributed by atoms with Crippen molar-refractivity contribution < 1.29 is 18.7 Å². The van der Waals surface area contributed by atoms with E-state index in [2.05, 4.69) is 25.4 Å². The van der Waals surface area contributed by atoms with Crippen LogP contribution in [0.3, 0.4) is 0 Å². The van der Waals surface area contributed by atoms with Crippen LogP contribution < -0.4 is 5.32 Å². The number of pyridine rings is 1. The van der Waals surface area contributed by atoms with Crippen LogP contribution >= 0.6 is 11.8 Å². The largest absolute Gasteiger partial charge is 0.450 e. The van der Waals surface area contributed by atoms with Crippen LogP contribution in [0.15, 0.2) is 41.7 Å². The van der Waals surface area contributed by atoms with E-state index >= 15 is 0 Å². The van der Waals surface area contributed by atoms with Crippen LogP contribution in [0.4, 0.5) is 19.5 Å². The second kappa shape index (κ2) is 6.30. The summed E-state index contributed by atoms with van der Waals surface area (Å²) in [5.41, 5.74) is 2.55. The number of aromatic amines is 1. The first-order valence-corrected chi connectivity index (χ1v) is 8.61. The van der Waals surface area contributed by atoms with Gasteiger partial charge < -0.3 is 4.40 Å². The van der Waals surface area contributed by atoms with Crippen molar-refractivity contribution in [1.82, 2.24) is 19.6 Å². The van der Waals surface area contributed by atoms with Crippen LogP contribution in [0.5, 0.6) is 0 Å². The summed E-state index contributed by atoms with van der Waals surface area (Å²) in [6, 6.07) is 4.94. The Morgan fingerprint density at radius 3 is 3.00 bits per heavy atom. The minimum Gasteiger partial charge on any atom is -0.304 e. The zero-order valence-corrected chi connectivity index (χ0v) is 14.1. The van der Waals surface area contributed by atoms with Crippen molar-refractivity contribution in [3.05, 3.63) is 42.6 Å². The SMILES string of the molecule is CSc1c(F)cc(-c2ccc3nc(NC(=O)OF)cn3c2)c2cn[nH]c12. The summed E-state index contributed by atoms with van der Waals surface area (Å²) in [5, 5.41) is 9.79. The number of anilines is 1. The van der Waals surface area contributed by atoms with Crippen molar-refractivity contribution in [3.63, 3.8) is 0 Å². The molecule has 4 rings (SSSR count). The smallest absolute Gasteiger partial charge is 0.304 e. The fraction of sp³-hybridized carbons (Fsp3) is 0.0625. The summed E-state index contributed by atoms with van der Waals surface area (Å²) in [7, 11) is 0. The van der Waals surface area contributed by atoms with E-state index in [-0.39, 0.29) is 11.6 Å². The van der Waals surface area contributed by atoms with Gasteiger partial charge in [-0.25, -0.2) is 19.1 Å². The number of imidazole rings is 1. The summed E-state index contributed by atoms with van der Waals surface area (Å²) in [5.74, 6) is -0.217. The van der Waals surface area contributed by atoms with Gasteiger partial charge in [-0.15, -0.1) is 11.8 Å². The molecule has 10 heteroatoms. The molecule has 0 spiro atoms. The Hall–Kier alpha value is -3.14. The highest BCUT2D eigenvalue weighted by Gasteiger charge is 2.15. The molecule has 0 unspecified atom stereocenters. The monoisotopic (exact) mass is 375 g/mol. The highest BCUT2D eigenvalue weighted by atomic mass is 32.2. The average Bonchev–Trinajstić information content (AvgIpc) is 3.26. The highest BCUT2D eigenvalue weighted by Crippen LogP contribution is 2.35. The van der Waals surface area contributed by atoms with Crippen LogP contribution in [-0.2, 0) is 4.94 Å². The molecule has 0 atom stereocenters. The van der Waals surface area contributed by atoms with Crippen molar-refractivity contribution in [1.29, 1.82) is 0 Å². The van der Waals surface area contributed by atoms with E-state index in [9.17, 15) is 13.7 Å². The van der Waals surface area contributed by atoms with Crippen LogP contribution in [0.25, 0.3) is 27.7 Å². The van der Waals surface area contributed by atoms with E-state index < -0.39 is 6.09 Å². The van der Waals surface area contributed by atoms with Crippen LogP contribution in [0, 0.1) is 5.82 Å². The number of carbonyl (C=O) groups excluding carboxylic acids is 1. The number of fused-ring (bicyclic) bond motifs is 2. The summed E-state index contributed by atoms with van der Waals surface area (Å²) < 4.78 is 27.9. The Morgan fingerprint density at radius 2 is 2.23 bits per heavy atom. The second-order valence-corrected chi connectivity index (χ2v) is 6.21. The molecule has 0 bridgehead atoms. The van der Waals surface area contributed by atoms with Gasteiger partial charge in [-0.05, 0) is 35.6 Å². The summed E-state index contributed by atoms with van der Waals surface area (Å²) in [6.07, 6.45) is 5.41. The number of rotatable bonds is 3. The van der Waals surface area contributed by atoms with Crippen LogP contribution in [-0.4, -0.2) is 31.9 Å². The molecule has 132 valence electrons. The first-order chi connectivity index (χ1) is 12.6. The third-order valence-electron chi connectivity index (χ3n) is 3.91. The average molecular weight is 375 g/mol. The maximum absolute atomic E-state index is 14.5. The number of aromatic nitrogens is 4. The third kappa shape index (κ3) is 2.64. The van der Waals surface area contributed by atoms with Crippen molar-refractivity contribution in [2.75, 3.05) is 11.6 Å². The second-order valence-electron chi connectivity index (χ2n) is 5.40. The predicted octanol–water partition coefficient (Wildman–Crippen LogP) is 4.17. The molecule has 3 aromatic heterocycles. The minimum absolute atomic E-state index is 0.127. The number of nitrogens with one attached hydrogen (secondary N) is 2. The molecular weight excluding hydrogens is 364 g/mol. The number of hydrogen-bond acceptors (Lipinski definition) is 5. The molecule has 0 saturated heterocycles. The number of amides is 1. The van der Waals surface area contributed by atoms with Gasteiger partial charge in [-0.3, -0.25) is 10.4 Å². The highest BCUT2D eigenvalue weighted by molar-refractivity contribution is 7.98. The Kier molecular flexibility index (Phi) is 3.96. The van der Waals surface area contributed by atoms with Crippen molar-refractivity contribution >= 4 is 40.2 Å². The fourth-order valence-corrected chi connectivity index (χ4v) is 3.44. The molecule has 0 aliphatic rings. The third-order valence-corrected chi connectivity index (χ3v) is 4.72. The number of carbonyl (C=O) groups is 1. The van der Waals surface area contributed by atoms with Gasteiger partial charge in [-0.1, -0.05) is 0 Å². The molecule has 0 radical (unpaired) electrons. The molecule has 0 aliphatic carbocycles. The van der Waals surface area contributed by atoms with E-state index in [0.29, 0.717) is 21.6 Å². The minimum atomic E-state index is -1.26. The number of nitrogens with zero attached hydrogens (tertiary/aromatic N) is 3. The molecule has 26 heavy (non-hydrogen) atoms. The van der Waals surface area contributed by atoms with Crippen molar-refractivity contribution in [2.45, 2.75) is 4.90 Å². The first kappa shape index (κ1) is 16.3. The maximum atomic E-state index is 14.5. The van der Waals surface area contributed by atoms with Gasteiger partial charge in [0.05, 0.1) is 22.8 Å². The van der Waals surface area contributed by atoms with Gasteiger partial charge in [0, 0.05) is 16.1 Å². The molecular formula is C16H11F2N5O2S. The fourth-order valence-electron chi connectivity index (χ4n) is 2.83. The summed E-state index contributed by atoms with van der Waals surface area (Å²) in [6.45, 7) is 0. The van der Waals surface area contributed by atoms with E-state index in [0.717, 1.165) is 10.9 Å². The van der Waals surface area contributed by atoms with Crippen molar-refractivity contribution in [3.8, 4) is 11.1 Å².